The van der Waals surface area contributed by atoms with E-state index in [1.807, 2.05) is 0 Å². The van der Waals surface area contributed by atoms with Gasteiger partial charge in [-0.25, -0.2) is 18.7 Å². The van der Waals surface area contributed by atoms with Gasteiger partial charge in [0.25, 0.3) is 0 Å². The fraction of sp³-hybridized carbons (Fsp3) is 0.143. The van der Waals surface area contributed by atoms with Crippen LogP contribution in [0.2, 0.25) is 0 Å². The molecule has 0 saturated heterocycles. The molecule has 0 radical (unpaired) electrons. The topological polar surface area (TPSA) is 82.7 Å². The Morgan fingerprint density at radius 2 is 1.76 bits per heavy atom. The molecular formula is C14H13F2N5. The first kappa shape index (κ1) is 13.3. The standard InChI is InChI=1S/C14H13F2N5/c1-6-19-13(18)10-8(5-21(2)14(10)20-6)7-3-4-9(17)12(16)11(7)15/h3-5H,17H2,1-2H3,(H2,18,19,20). The molecule has 3 rings (SSSR count). The molecule has 4 N–H and O–H groups in total. The second-order valence-corrected chi connectivity index (χ2v) is 4.84. The zero-order valence-electron chi connectivity index (χ0n) is 11.5. The zero-order chi connectivity index (χ0) is 15.3. The van der Waals surface area contributed by atoms with Crippen LogP contribution in [0.4, 0.5) is 20.3 Å². The molecule has 21 heavy (non-hydrogen) atoms. The van der Waals surface area contributed by atoms with Crippen molar-refractivity contribution in [3.05, 3.63) is 35.8 Å². The number of nitrogens with two attached hydrogens (primary N) is 2. The Hall–Kier alpha value is -2.70. The predicted molar refractivity (Wildman–Crippen MR) is 77.4 cm³/mol. The highest BCUT2D eigenvalue weighted by Crippen LogP contribution is 2.35. The molecule has 108 valence electrons. The van der Waals surface area contributed by atoms with Gasteiger partial charge in [-0.3, -0.25) is 0 Å². The molecule has 0 fully saturated rings. The van der Waals surface area contributed by atoms with E-state index in [0.717, 1.165) is 0 Å². The summed E-state index contributed by atoms with van der Waals surface area (Å²) < 4.78 is 29.5. The van der Waals surface area contributed by atoms with Crippen molar-refractivity contribution in [2.75, 3.05) is 11.5 Å². The Bertz CT molecular complexity index is 870. The van der Waals surface area contributed by atoms with Crippen LogP contribution in [0.15, 0.2) is 18.3 Å². The molecule has 5 nitrogen and oxygen atoms in total. The van der Waals surface area contributed by atoms with Crippen LogP contribution in [0.3, 0.4) is 0 Å². The van der Waals surface area contributed by atoms with E-state index in [-0.39, 0.29) is 17.1 Å². The van der Waals surface area contributed by atoms with E-state index in [2.05, 4.69) is 9.97 Å². The molecule has 0 aliphatic heterocycles. The first-order chi connectivity index (χ1) is 9.90. The summed E-state index contributed by atoms with van der Waals surface area (Å²) in [6.07, 6.45) is 1.64. The minimum Gasteiger partial charge on any atom is -0.396 e. The second-order valence-electron chi connectivity index (χ2n) is 4.84. The molecular weight excluding hydrogens is 276 g/mol. The van der Waals surface area contributed by atoms with Crippen LogP contribution in [0.5, 0.6) is 0 Å². The van der Waals surface area contributed by atoms with Gasteiger partial charge in [-0.15, -0.1) is 0 Å². The smallest absolute Gasteiger partial charge is 0.182 e. The number of nitrogen functional groups attached to an aromatic ring is 2. The van der Waals surface area contributed by atoms with Crippen molar-refractivity contribution in [1.29, 1.82) is 0 Å². The second kappa shape index (κ2) is 4.41. The molecule has 1 aromatic carbocycles. The summed E-state index contributed by atoms with van der Waals surface area (Å²) in [7, 11) is 1.75. The van der Waals surface area contributed by atoms with Gasteiger partial charge in [0, 0.05) is 24.4 Å². The van der Waals surface area contributed by atoms with Gasteiger partial charge in [-0.1, -0.05) is 0 Å². The number of halogens is 2. The minimum absolute atomic E-state index is 0.0754. The first-order valence-corrected chi connectivity index (χ1v) is 6.23. The Morgan fingerprint density at radius 3 is 2.48 bits per heavy atom. The van der Waals surface area contributed by atoms with Crippen molar-refractivity contribution in [3.63, 3.8) is 0 Å². The molecule has 0 atom stereocenters. The lowest BCUT2D eigenvalue weighted by Gasteiger charge is -2.06. The molecule has 0 spiro atoms. The number of hydrogen-bond donors (Lipinski definition) is 2. The van der Waals surface area contributed by atoms with E-state index in [1.165, 1.54) is 12.1 Å². The number of benzene rings is 1. The molecule has 7 heteroatoms. The zero-order valence-corrected chi connectivity index (χ0v) is 11.5. The molecule has 0 bridgehead atoms. The van der Waals surface area contributed by atoms with E-state index >= 15 is 0 Å². The fourth-order valence-electron chi connectivity index (χ4n) is 2.39. The van der Waals surface area contributed by atoms with E-state index < -0.39 is 11.6 Å². The number of hydrogen-bond acceptors (Lipinski definition) is 4. The van der Waals surface area contributed by atoms with Gasteiger partial charge >= 0.3 is 0 Å². The molecule has 2 aromatic heterocycles. The van der Waals surface area contributed by atoms with Crippen LogP contribution in [0.1, 0.15) is 5.82 Å². The van der Waals surface area contributed by atoms with Gasteiger partial charge in [-0.2, -0.15) is 0 Å². The third-order valence-corrected chi connectivity index (χ3v) is 3.36. The molecule has 0 aliphatic rings. The number of nitrogens with zero attached hydrogens (tertiary/aromatic N) is 3. The highest BCUT2D eigenvalue weighted by molar-refractivity contribution is 6.01. The lowest BCUT2D eigenvalue weighted by molar-refractivity contribution is 0.515. The summed E-state index contributed by atoms with van der Waals surface area (Å²) in [6.45, 7) is 1.71. The Balaban J connectivity index is 2.39. The average Bonchev–Trinajstić information content (AvgIpc) is 2.74. The Labute approximate surface area is 119 Å². The summed E-state index contributed by atoms with van der Waals surface area (Å²) in [5, 5.41) is 0.492. The van der Waals surface area contributed by atoms with Crippen molar-refractivity contribution in [2.24, 2.45) is 7.05 Å². The quantitative estimate of drug-likeness (QED) is 0.674. The average molecular weight is 289 g/mol. The first-order valence-electron chi connectivity index (χ1n) is 6.23. The van der Waals surface area contributed by atoms with Crippen molar-refractivity contribution in [2.45, 2.75) is 6.92 Å². The Morgan fingerprint density at radius 1 is 1.05 bits per heavy atom. The normalized spacial score (nSPS) is 11.2. The van der Waals surface area contributed by atoms with E-state index in [9.17, 15) is 8.78 Å². The molecule has 0 amide bonds. The fourth-order valence-corrected chi connectivity index (χ4v) is 2.39. The van der Waals surface area contributed by atoms with Crippen LogP contribution < -0.4 is 11.5 Å². The van der Waals surface area contributed by atoms with Crippen molar-refractivity contribution in [1.82, 2.24) is 14.5 Å². The maximum Gasteiger partial charge on any atom is 0.182 e. The SMILES string of the molecule is Cc1nc(N)c2c(-c3ccc(N)c(F)c3F)cn(C)c2n1. The number of aromatic nitrogens is 3. The summed E-state index contributed by atoms with van der Waals surface area (Å²) >= 11 is 0. The van der Waals surface area contributed by atoms with Crippen molar-refractivity contribution < 1.29 is 8.78 Å². The van der Waals surface area contributed by atoms with E-state index in [0.29, 0.717) is 22.4 Å². The highest BCUT2D eigenvalue weighted by atomic mass is 19.2. The van der Waals surface area contributed by atoms with Crippen molar-refractivity contribution in [3.8, 4) is 11.1 Å². The molecule has 0 aliphatic carbocycles. The maximum atomic E-state index is 14.2. The van der Waals surface area contributed by atoms with Crippen LogP contribution in [0.25, 0.3) is 22.2 Å². The van der Waals surface area contributed by atoms with Crippen LogP contribution in [0, 0.1) is 18.6 Å². The van der Waals surface area contributed by atoms with E-state index in [4.69, 9.17) is 11.5 Å². The predicted octanol–water partition coefficient (Wildman–Crippen LogP) is 2.39. The van der Waals surface area contributed by atoms with Gasteiger partial charge in [0.05, 0.1) is 11.1 Å². The van der Waals surface area contributed by atoms with Crippen molar-refractivity contribution >= 4 is 22.5 Å². The van der Waals surface area contributed by atoms with Gasteiger partial charge in [0.1, 0.15) is 17.3 Å². The van der Waals surface area contributed by atoms with Crippen LogP contribution >= 0.6 is 0 Å². The van der Waals surface area contributed by atoms with Crippen LogP contribution in [-0.2, 0) is 7.05 Å². The minimum atomic E-state index is -1.07. The number of anilines is 2. The highest BCUT2D eigenvalue weighted by Gasteiger charge is 2.19. The number of rotatable bonds is 1. The summed E-state index contributed by atoms with van der Waals surface area (Å²) in [5.41, 5.74) is 12.1. The third kappa shape index (κ3) is 1.89. The number of aryl methyl sites for hydroxylation is 2. The summed E-state index contributed by atoms with van der Waals surface area (Å²) in [6, 6.07) is 2.74. The monoisotopic (exact) mass is 289 g/mol. The molecule has 3 aromatic rings. The van der Waals surface area contributed by atoms with E-state index in [1.54, 1.807) is 24.7 Å². The molecule has 2 heterocycles. The molecule has 0 saturated carbocycles. The molecule has 0 unspecified atom stereocenters. The van der Waals surface area contributed by atoms with Gasteiger partial charge in [-0.05, 0) is 19.1 Å². The lowest BCUT2D eigenvalue weighted by atomic mass is 10.0. The maximum absolute atomic E-state index is 14.2. The Kier molecular flexibility index (Phi) is 2.79. The van der Waals surface area contributed by atoms with Gasteiger partial charge < -0.3 is 16.0 Å². The van der Waals surface area contributed by atoms with Crippen LogP contribution in [-0.4, -0.2) is 14.5 Å². The van der Waals surface area contributed by atoms with Gasteiger partial charge in [0.2, 0.25) is 0 Å². The summed E-state index contributed by atoms with van der Waals surface area (Å²) in [5.74, 6) is -1.35. The number of fused-ring (bicyclic) bond motifs is 1. The summed E-state index contributed by atoms with van der Waals surface area (Å²) in [4.78, 5) is 8.37. The van der Waals surface area contributed by atoms with Gasteiger partial charge in [0.15, 0.2) is 11.6 Å². The largest absolute Gasteiger partial charge is 0.396 e. The third-order valence-electron chi connectivity index (χ3n) is 3.36. The lowest BCUT2D eigenvalue weighted by Crippen LogP contribution is -1.99.